The fraction of sp³-hybridized carbons (Fsp3) is 0.800. The Kier molecular flexibility index (Phi) is 3.51. The average molecular weight is 227 g/mol. The Hall–Kier alpha value is -0.710. The Morgan fingerprint density at radius 1 is 1.40 bits per heavy atom. The second-order valence-corrected chi connectivity index (χ2v) is 5.43. The Bertz CT molecular complexity index is 352. The molecule has 0 atom stereocenters. The van der Waals surface area contributed by atoms with Crippen LogP contribution in [0.5, 0.6) is 0 Å². The molecule has 1 aliphatic rings. The van der Waals surface area contributed by atoms with Gasteiger partial charge < -0.3 is 0 Å². The highest BCUT2D eigenvalue weighted by Gasteiger charge is 2.18. The topological polar surface area (TPSA) is 61.5 Å². The number of hydrogen-bond donors (Lipinski definition) is 2. The third-order valence-corrected chi connectivity index (χ3v) is 4.18. The summed E-state index contributed by atoms with van der Waals surface area (Å²) in [4.78, 5) is 13.5. The molecule has 0 radical (unpaired) electrons. The molecule has 1 aromatic rings. The van der Waals surface area contributed by atoms with Gasteiger partial charge in [-0.1, -0.05) is 31.5 Å². The summed E-state index contributed by atoms with van der Waals surface area (Å²) >= 11 is 1.65. The van der Waals surface area contributed by atoms with Crippen LogP contribution in [0.2, 0.25) is 0 Å². The van der Waals surface area contributed by atoms with Gasteiger partial charge in [-0.3, -0.25) is 4.98 Å². The maximum absolute atomic E-state index is 10.8. The molecule has 5 heteroatoms. The lowest BCUT2D eigenvalue weighted by Gasteiger charge is -2.25. The van der Waals surface area contributed by atoms with E-state index < -0.39 is 0 Å². The fourth-order valence-corrected chi connectivity index (χ4v) is 3.02. The Balaban J connectivity index is 1.76. The summed E-state index contributed by atoms with van der Waals surface area (Å²) in [6, 6.07) is 0. The highest BCUT2D eigenvalue weighted by molar-refractivity contribution is 7.99. The first kappa shape index (κ1) is 10.8. The second-order valence-electron chi connectivity index (χ2n) is 4.42. The molecule has 0 saturated heterocycles. The molecule has 0 unspecified atom stereocenters. The van der Waals surface area contributed by atoms with Crippen LogP contribution < -0.4 is 5.69 Å². The molecule has 0 aromatic carbocycles. The quantitative estimate of drug-likeness (QED) is 0.777. The summed E-state index contributed by atoms with van der Waals surface area (Å²) in [5.41, 5.74) is -0.213. The van der Waals surface area contributed by atoms with Crippen molar-refractivity contribution in [2.45, 2.75) is 37.8 Å². The van der Waals surface area contributed by atoms with E-state index >= 15 is 0 Å². The van der Waals surface area contributed by atoms with Crippen molar-refractivity contribution in [2.75, 3.05) is 5.75 Å². The lowest BCUT2D eigenvalue weighted by atomic mass is 9.84. The fourth-order valence-electron chi connectivity index (χ4n) is 2.02. The van der Waals surface area contributed by atoms with Crippen LogP contribution in [0.15, 0.2) is 9.95 Å². The number of aromatic amines is 2. The molecule has 1 heterocycles. The maximum atomic E-state index is 10.8. The molecule has 2 rings (SSSR count). The van der Waals surface area contributed by atoms with Crippen LogP contribution in [0.25, 0.3) is 0 Å². The number of aromatic nitrogens is 3. The zero-order valence-electron chi connectivity index (χ0n) is 8.95. The van der Waals surface area contributed by atoms with Crippen molar-refractivity contribution >= 4 is 11.8 Å². The summed E-state index contributed by atoms with van der Waals surface area (Å²) in [5.74, 6) is 2.77. The number of rotatable bonds is 3. The normalized spacial score (nSPS) is 26.7. The lowest BCUT2D eigenvalue weighted by molar-refractivity contribution is 0.311. The summed E-state index contributed by atoms with van der Waals surface area (Å²) in [7, 11) is 0. The third-order valence-electron chi connectivity index (χ3n) is 3.07. The van der Waals surface area contributed by atoms with Gasteiger partial charge in [-0.25, -0.2) is 9.89 Å². The molecular weight excluding hydrogens is 210 g/mol. The molecule has 0 aliphatic heterocycles. The van der Waals surface area contributed by atoms with Crippen molar-refractivity contribution < 1.29 is 0 Å². The molecule has 0 spiro atoms. The molecule has 4 nitrogen and oxygen atoms in total. The predicted octanol–water partition coefficient (Wildman–Crippen LogP) is 2.02. The Labute approximate surface area is 93.2 Å². The molecule has 1 aromatic heterocycles. The molecule has 1 saturated carbocycles. The third kappa shape index (κ3) is 3.12. The van der Waals surface area contributed by atoms with Gasteiger partial charge in [0.15, 0.2) is 5.16 Å². The highest BCUT2D eigenvalue weighted by Crippen LogP contribution is 2.31. The first-order valence-electron chi connectivity index (χ1n) is 5.51. The van der Waals surface area contributed by atoms with E-state index in [1.54, 1.807) is 11.8 Å². The van der Waals surface area contributed by atoms with Crippen molar-refractivity contribution in [1.29, 1.82) is 0 Å². The van der Waals surface area contributed by atoms with E-state index in [0.717, 1.165) is 22.7 Å². The molecular formula is C10H17N3OS. The molecule has 15 heavy (non-hydrogen) atoms. The van der Waals surface area contributed by atoms with Gasteiger partial charge >= 0.3 is 5.69 Å². The first-order valence-corrected chi connectivity index (χ1v) is 6.50. The zero-order chi connectivity index (χ0) is 10.7. The van der Waals surface area contributed by atoms with E-state index in [2.05, 4.69) is 22.1 Å². The van der Waals surface area contributed by atoms with Crippen LogP contribution in [0.4, 0.5) is 0 Å². The summed E-state index contributed by atoms with van der Waals surface area (Å²) in [5, 5.41) is 6.99. The second kappa shape index (κ2) is 4.88. The van der Waals surface area contributed by atoms with E-state index in [-0.39, 0.29) is 5.69 Å². The van der Waals surface area contributed by atoms with Crippen LogP contribution in [-0.4, -0.2) is 20.9 Å². The Morgan fingerprint density at radius 3 is 2.73 bits per heavy atom. The Morgan fingerprint density at radius 2 is 2.13 bits per heavy atom. The van der Waals surface area contributed by atoms with Gasteiger partial charge in [-0.15, -0.1) is 5.10 Å². The smallest absolute Gasteiger partial charge is 0.284 e. The van der Waals surface area contributed by atoms with Crippen LogP contribution in [0.3, 0.4) is 0 Å². The monoisotopic (exact) mass is 227 g/mol. The molecule has 84 valence electrons. The van der Waals surface area contributed by atoms with Crippen LogP contribution in [0.1, 0.15) is 32.6 Å². The lowest BCUT2D eigenvalue weighted by Crippen LogP contribution is -2.14. The van der Waals surface area contributed by atoms with Gasteiger partial charge in [0.1, 0.15) is 0 Å². The van der Waals surface area contributed by atoms with Gasteiger partial charge in [0.25, 0.3) is 0 Å². The van der Waals surface area contributed by atoms with Gasteiger partial charge in [-0.2, -0.15) is 0 Å². The summed E-state index contributed by atoms with van der Waals surface area (Å²) in [6.45, 7) is 2.33. The minimum absolute atomic E-state index is 0.213. The van der Waals surface area contributed by atoms with Crippen molar-refractivity contribution in [3.05, 3.63) is 10.5 Å². The van der Waals surface area contributed by atoms with Gasteiger partial charge in [0.2, 0.25) is 0 Å². The molecule has 2 N–H and O–H groups in total. The van der Waals surface area contributed by atoms with Crippen molar-refractivity contribution in [3.8, 4) is 0 Å². The first-order chi connectivity index (χ1) is 7.24. The standard InChI is InChI=1S/C10H17N3OS/c1-7-2-4-8(5-3-7)6-15-10-11-9(14)12-13-10/h7-8H,2-6H2,1H3,(H2,11,12,13,14). The minimum Gasteiger partial charge on any atom is -0.284 e. The number of H-pyrrole nitrogens is 2. The van der Waals surface area contributed by atoms with Gasteiger partial charge in [0, 0.05) is 5.75 Å². The average Bonchev–Trinajstić information content (AvgIpc) is 2.64. The van der Waals surface area contributed by atoms with Crippen molar-refractivity contribution in [3.63, 3.8) is 0 Å². The summed E-state index contributed by atoms with van der Waals surface area (Å²) in [6.07, 6.45) is 5.34. The number of nitrogens with one attached hydrogen (secondary N) is 2. The molecule has 1 fully saturated rings. The van der Waals surface area contributed by atoms with Gasteiger partial charge in [0.05, 0.1) is 0 Å². The largest absolute Gasteiger partial charge is 0.341 e. The van der Waals surface area contributed by atoms with Crippen LogP contribution in [0, 0.1) is 11.8 Å². The van der Waals surface area contributed by atoms with Crippen molar-refractivity contribution in [2.24, 2.45) is 11.8 Å². The summed E-state index contributed by atoms with van der Waals surface area (Å²) < 4.78 is 0. The zero-order valence-corrected chi connectivity index (χ0v) is 9.77. The molecule has 1 aliphatic carbocycles. The molecule has 0 bridgehead atoms. The number of nitrogens with zero attached hydrogens (tertiary/aromatic N) is 1. The predicted molar refractivity (Wildman–Crippen MR) is 61.1 cm³/mol. The van der Waals surface area contributed by atoms with E-state index in [9.17, 15) is 4.79 Å². The number of thioether (sulfide) groups is 1. The number of hydrogen-bond acceptors (Lipinski definition) is 3. The highest BCUT2D eigenvalue weighted by atomic mass is 32.2. The van der Waals surface area contributed by atoms with E-state index in [1.165, 1.54) is 25.7 Å². The van der Waals surface area contributed by atoms with Crippen LogP contribution >= 0.6 is 11.8 Å². The SMILES string of the molecule is CC1CCC(CSc2n[nH]c(=O)[nH]2)CC1. The molecule has 0 amide bonds. The van der Waals surface area contributed by atoms with E-state index in [4.69, 9.17) is 0 Å². The van der Waals surface area contributed by atoms with E-state index in [1.807, 2.05) is 0 Å². The maximum Gasteiger partial charge on any atom is 0.341 e. The van der Waals surface area contributed by atoms with Gasteiger partial charge in [-0.05, 0) is 24.7 Å². The van der Waals surface area contributed by atoms with E-state index in [0.29, 0.717) is 0 Å². The minimum atomic E-state index is -0.213. The van der Waals surface area contributed by atoms with Crippen molar-refractivity contribution in [1.82, 2.24) is 15.2 Å². The van der Waals surface area contributed by atoms with Crippen LogP contribution in [-0.2, 0) is 0 Å².